The summed E-state index contributed by atoms with van der Waals surface area (Å²) in [6.07, 6.45) is 0.708. The molecule has 2 amide bonds. The molecule has 0 aliphatic carbocycles. The van der Waals surface area contributed by atoms with E-state index in [9.17, 15) is 22.4 Å². The van der Waals surface area contributed by atoms with E-state index < -0.39 is 34.3 Å². The van der Waals surface area contributed by atoms with Crippen molar-refractivity contribution in [3.8, 4) is 0 Å². The van der Waals surface area contributed by atoms with Crippen molar-refractivity contribution in [1.29, 1.82) is 0 Å². The number of hydrogen-bond donors (Lipinski definition) is 1. The Bertz CT molecular complexity index is 1400. The van der Waals surface area contributed by atoms with Gasteiger partial charge in [0.1, 0.15) is 18.4 Å². The zero-order chi connectivity index (χ0) is 28.7. The van der Waals surface area contributed by atoms with Crippen LogP contribution in [0, 0.1) is 19.7 Å². The maximum atomic E-state index is 13.9. The van der Waals surface area contributed by atoms with Crippen LogP contribution in [0.2, 0.25) is 0 Å². The van der Waals surface area contributed by atoms with Gasteiger partial charge in [-0.2, -0.15) is 0 Å². The normalized spacial score (nSPS) is 12.9. The fourth-order valence-corrected chi connectivity index (χ4v) is 5.57. The van der Waals surface area contributed by atoms with Gasteiger partial charge in [-0.1, -0.05) is 49.4 Å². The lowest BCUT2D eigenvalue weighted by molar-refractivity contribution is -0.139. The second-order valence-electron chi connectivity index (χ2n) is 9.69. The average Bonchev–Trinajstić information content (AvgIpc) is 2.92. The SMILES string of the molecule is CC[C@H](C)NC(=O)[C@H](C)N(Cc1ccc(F)cc1)C(=O)CN(c1cccc(C)c1C)S(=O)(=O)c1ccccc1. The Balaban J connectivity index is 2.05. The number of nitrogens with one attached hydrogen (secondary N) is 1. The Hall–Kier alpha value is -3.72. The number of rotatable bonds is 11. The van der Waals surface area contributed by atoms with Gasteiger partial charge < -0.3 is 10.2 Å². The summed E-state index contributed by atoms with van der Waals surface area (Å²) in [5.41, 5.74) is 2.58. The molecule has 0 spiro atoms. The summed E-state index contributed by atoms with van der Waals surface area (Å²) >= 11 is 0. The smallest absolute Gasteiger partial charge is 0.264 e. The summed E-state index contributed by atoms with van der Waals surface area (Å²) in [6.45, 7) is 8.56. The molecule has 0 fully saturated rings. The van der Waals surface area contributed by atoms with Crippen molar-refractivity contribution < 1.29 is 22.4 Å². The van der Waals surface area contributed by atoms with E-state index in [0.29, 0.717) is 17.7 Å². The van der Waals surface area contributed by atoms with Crippen molar-refractivity contribution in [2.75, 3.05) is 10.8 Å². The predicted octanol–water partition coefficient (Wildman–Crippen LogP) is 4.97. The Morgan fingerprint density at radius 2 is 1.56 bits per heavy atom. The molecule has 3 aromatic carbocycles. The minimum atomic E-state index is -4.13. The zero-order valence-electron chi connectivity index (χ0n) is 23.0. The molecule has 1 N–H and O–H groups in total. The maximum absolute atomic E-state index is 13.9. The molecule has 0 aliphatic rings. The van der Waals surface area contributed by atoms with Crippen LogP contribution in [-0.2, 0) is 26.2 Å². The van der Waals surface area contributed by atoms with Crippen LogP contribution in [0.5, 0.6) is 0 Å². The molecule has 0 bridgehead atoms. The number of hydrogen-bond acceptors (Lipinski definition) is 4. The van der Waals surface area contributed by atoms with Gasteiger partial charge in [-0.25, -0.2) is 12.8 Å². The molecule has 0 aliphatic heterocycles. The molecular formula is C30H36FN3O4S. The van der Waals surface area contributed by atoms with E-state index in [1.54, 1.807) is 44.2 Å². The number of anilines is 1. The molecule has 0 saturated carbocycles. The molecular weight excluding hydrogens is 517 g/mol. The third kappa shape index (κ3) is 7.23. The molecule has 0 heterocycles. The summed E-state index contributed by atoms with van der Waals surface area (Å²) in [5, 5.41) is 2.89. The first-order valence-electron chi connectivity index (χ1n) is 12.9. The number of benzene rings is 3. The molecule has 7 nitrogen and oxygen atoms in total. The van der Waals surface area contributed by atoms with Crippen molar-refractivity contribution in [1.82, 2.24) is 10.2 Å². The van der Waals surface area contributed by atoms with Crippen LogP contribution in [0.15, 0.2) is 77.7 Å². The van der Waals surface area contributed by atoms with Gasteiger partial charge in [0.05, 0.1) is 10.6 Å². The number of aryl methyl sites for hydroxylation is 1. The van der Waals surface area contributed by atoms with Crippen LogP contribution < -0.4 is 9.62 Å². The van der Waals surface area contributed by atoms with Crippen molar-refractivity contribution in [3.63, 3.8) is 0 Å². The highest BCUT2D eigenvalue weighted by Crippen LogP contribution is 2.29. The van der Waals surface area contributed by atoms with Crippen molar-refractivity contribution in [2.24, 2.45) is 0 Å². The molecule has 39 heavy (non-hydrogen) atoms. The van der Waals surface area contributed by atoms with E-state index in [1.165, 1.54) is 41.3 Å². The highest BCUT2D eigenvalue weighted by atomic mass is 32.2. The first-order valence-corrected chi connectivity index (χ1v) is 14.4. The predicted molar refractivity (Wildman–Crippen MR) is 151 cm³/mol. The Kier molecular flexibility index (Phi) is 9.86. The lowest BCUT2D eigenvalue weighted by Crippen LogP contribution is -2.52. The molecule has 9 heteroatoms. The number of halogens is 1. The van der Waals surface area contributed by atoms with Gasteiger partial charge in [0.25, 0.3) is 10.0 Å². The third-order valence-corrected chi connectivity index (χ3v) is 8.66. The lowest BCUT2D eigenvalue weighted by atomic mass is 10.1. The van der Waals surface area contributed by atoms with Crippen LogP contribution in [0.3, 0.4) is 0 Å². The Labute approximate surface area is 230 Å². The van der Waals surface area contributed by atoms with Crippen molar-refractivity contribution in [3.05, 3.63) is 95.3 Å². The highest BCUT2D eigenvalue weighted by Gasteiger charge is 2.33. The standard InChI is InChI=1S/C30H36FN3O4S/c1-6-22(3)32-30(36)24(5)33(19-25-15-17-26(31)18-16-25)29(35)20-34(28-14-10-11-21(2)23(28)4)39(37,38)27-12-8-7-9-13-27/h7-18,22,24H,6,19-20H2,1-5H3,(H,32,36)/t22-,24-/m0/s1. The topological polar surface area (TPSA) is 86.8 Å². The van der Waals surface area contributed by atoms with Gasteiger partial charge in [-0.05, 0) is 81.1 Å². The van der Waals surface area contributed by atoms with E-state index in [4.69, 9.17) is 0 Å². The van der Waals surface area contributed by atoms with E-state index in [1.807, 2.05) is 26.8 Å². The van der Waals surface area contributed by atoms with E-state index in [-0.39, 0.29) is 23.4 Å². The first-order chi connectivity index (χ1) is 18.4. The monoisotopic (exact) mass is 553 g/mol. The molecule has 0 radical (unpaired) electrons. The molecule has 3 rings (SSSR count). The van der Waals surface area contributed by atoms with Crippen LogP contribution >= 0.6 is 0 Å². The van der Waals surface area contributed by atoms with Gasteiger partial charge in [0.15, 0.2) is 0 Å². The molecule has 0 unspecified atom stereocenters. The second kappa shape index (κ2) is 12.9. The average molecular weight is 554 g/mol. The van der Waals surface area contributed by atoms with Crippen molar-refractivity contribution >= 4 is 27.5 Å². The highest BCUT2D eigenvalue weighted by molar-refractivity contribution is 7.92. The van der Waals surface area contributed by atoms with Gasteiger partial charge in [0.2, 0.25) is 11.8 Å². The summed E-state index contributed by atoms with van der Waals surface area (Å²) in [5.74, 6) is -1.34. The molecule has 0 aromatic heterocycles. The third-order valence-electron chi connectivity index (χ3n) is 6.89. The first kappa shape index (κ1) is 29.8. The molecule has 0 saturated heterocycles. The molecule has 3 aromatic rings. The van der Waals surface area contributed by atoms with Crippen molar-refractivity contribution in [2.45, 2.75) is 64.6 Å². The summed E-state index contributed by atoms with van der Waals surface area (Å²) in [6, 6.07) is 17.8. The Morgan fingerprint density at radius 3 is 2.18 bits per heavy atom. The zero-order valence-corrected chi connectivity index (χ0v) is 23.8. The summed E-state index contributed by atoms with van der Waals surface area (Å²) < 4.78 is 42.4. The minimum absolute atomic E-state index is 0.000228. The number of nitrogens with zero attached hydrogens (tertiary/aromatic N) is 2. The number of carbonyl (C=O) groups is 2. The van der Waals surface area contributed by atoms with E-state index in [0.717, 1.165) is 15.4 Å². The van der Waals surface area contributed by atoms with Gasteiger partial charge in [0, 0.05) is 12.6 Å². The van der Waals surface area contributed by atoms with Crippen LogP contribution in [-0.4, -0.2) is 43.8 Å². The minimum Gasteiger partial charge on any atom is -0.352 e. The number of amides is 2. The fraction of sp³-hybridized carbons (Fsp3) is 0.333. The largest absolute Gasteiger partial charge is 0.352 e. The summed E-state index contributed by atoms with van der Waals surface area (Å²) in [7, 11) is -4.13. The molecule has 208 valence electrons. The number of carbonyl (C=O) groups excluding carboxylic acids is 2. The van der Waals surface area contributed by atoms with E-state index in [2.05, 4.69) is 5.32 Å². The molecule has 2 atom stereocenters. The fourth-order valence-electron chi connectivity index (χ4n) is 4.07. The van der Waals surface area contributed by atoms with Crippen LogP contribution in [0.1, 0.15) is 43.9 Å². The van der Waals surface area contributed by atoms with Crippen LogP contribution in [0.4, 0.5) is 10.1 Å². The Morgan fingerprint density at radius 1 is 0.923 bits per heavy atom. The summed E-state index contributed by atoms with van der Waals surface area (Å²) in [4.78, 5) is 28.4. The van der Waals surface area contributed by atoms with Crippen LogP contribution in [0.25, 0.3) is 0 Å². The van der Waals surface area contributed by atoms with E-state index >= 15 is 0 Å². The maximum Gasteiger partial charge on any atom is 0.264 e. The number of sulfonamides is 1. The van der Waals surface area contributed by atoms with Gasteiger partial charge in [-0.3, -0.25) is 13.9 Å². The second-order valence-corrected chi connectivity index (χ2v) is 11.5. The van der Waals surface area contributed by atoms with Gasteiger partial charge in [-0.15, -0.1) is 0 Å². The quantitative estimate of drug-likeness (QED) is 0.363. The van der Waals surface area contributed by atoms with Gasteiger partial charge >= 0.3 is 0 Å². The lowest BCUT2D eigenvalue weighted by Gasteiger charge is -2.33.